The molecule has 6 nitrogen and oxygen atoms in total. The van der Waals surface area contributed by atoms with Gasteiger partial charge < -0.3 is 19.5 Å². The first kappa shape index (κ1) is 24.8. The Morgan fingerprint density at radius 3 is 2.06 bits per heavy atom. The summed E-state index contributed by atoms with van der Waals surface area (Å²) >= 11 is 0. The van der Waals surface area contributed by atoms with Crippen LogP contribution in [0.3, 0.4) is 0 Å². The zero-order valence-electron chi connectivity index (χ0n) is 20.7. The number of anilines is 2. The van der Waals surface area contributed by atoms with Crippen LogP contribution in [0.5, 0.6) is 5.75 Å². The molecular formula is C29H34N2O4. The number of fused-ring (bicyclic) bond motifs is 2. The van der Waals surface area contributed by atoms with E-state index in [0.29, 0.717) is 17.9 Å². The first-order valence-corrected chi connectivity index (χ1v) is 12.1. The number of carbonyl (C=O) groups is 1. The monoisotopic (exact) mass is 474 g/mol. The summed E-state index contributed by atoms with van der Waals surface area (Å²) in [5, 5.41) is 11.1. The van der Waals surface area contributed by atoms with Gasteiger partial charge in [-0.3, -0.25) is 9.69 Å². The Labute approximate surface area is 207 Å². The van der Waals surface area contributed by atoms with Gasteiger partial charge in [-0.1, -0.05) is 48.5 Å². The number of methoxy groups -OCH3 is 2. The van der Waals surface area contributed by atoms with Crippen LogP contribution in [-0.4, -0.2) is 56.4 Å². The van der Waals surface area contributed by atoms with E-state index in [1.165, 1.54) is 29.6 Å². The summed E-state index contributed by atoms with van der Waals surface area (Å²) in [5.74, 6) is 0.239. The maximum atomic E-state index is 12.7. The number of hydrogen-bond donors (Lipinski definition) is 1. The molecule has 1 heterocycles. The zero-order valence-corrected chi connectivity index (χ0v) is 20.7. The molecule has 0 saturated heterocycles. The summed E-state index contributed by atoms with van der Waals surface area (Å²) in [7, 11) is 4.81. The molecule has 6 heteroatoms. The van der Waals surface area contributed by atoms with E-state index < -0.39 is 18.1 Å². The summed E-state index contributed by atoms with van der Waals surface area (Å²) in [6.07, 6.45) is 1.82. The topological polar surface area (TPSA) is 62.2 Å². The van der Waals surface area contributed by atoms with Crippen LogP contribution in [0.15, 0.2) is 72.8 Å². The van der Waals surface area contributed by atoms with E-state index >= 15 is 0 Å². The molecule has 1 aliphatic heterocycles. The number of nitrogens with zero attached hydrogens (tertiary/aromatic N) is 2. The average Bonchev–Trinajstić information content (AvgIpc) is 3.06. The normalized spacial score (nSPS) is 14.5. The van der Waals surface area contributed by atoms with E-state index in [-0.39, 0.29) is 0 Å². The van der Waals surface area contributed by atoms with Crippen LogP contribution < -0.4 is 9.64 Å². The van der Waals surface area contributed by atoms with Crippen LogP contribution in [-0.2, 0) is 22.4 Å². The fourth-order valence-corrected chi connectivity index (χ4v) is 4.88. The number of para-hydroxylation sites is 2. The molecule has 1 N–H and O–H groups in total. The maximum Gasteiger partial charge on any atom is 0.326 e. The van der Waals surface area contributed by atoms with Gasteiger partial charge in [0.2, 0.25) is 0 Å². The molecule has 3 aromatic rings. The molecule has 35 heavy (non-hydrogen) atoms. The summed E-state index contributed by atoms with van der Waals surface area (Å²) in [5.41, 5.74) is 5.81. The van der Waals surface area contributed by atoms with Crippen LogP contribution in [0, 0.1) is 0 Å². The van der Waals surface area contributed by atoms with Crippen molar-refractivity contribution in [2.24, 2.45) is 0 Å². The van der Waals surface area contributed by atoms with Crippen LogP contribution in [0.25, 0.3) is 0 Å². The second kappa shape index (κ2) is 11.4. The molecule has 184 valence electrons. The summed E-state index contributed by atoms with van der Waals surface area (Å²) in [4.78, 5) is 16.9. The summed E-state index contributed by atoms with van der Waals surface area (Å²) < 4.78 is 10.3. The summed E-state index contributed by atoms with van der Waals surface area (Å²) in [6.45, 7) is 1.42. The van der Waals surface area contributed by atoms with Gasteiger partial charge in [-0.25, -0.2) is 0 Å². The van der Waals surface area contributed by atoms with Gasteiger partial charge in [0, 0.05) is 24.5 Å². The molecular weight excluding hydrogens is 440 g/mol. The third-order valence-electron chi connectivity index (χ3n) is 6.79. The van der Waals surface area contributed by atoms with E-state index in [9.17, 15) is 9.90 Å². The zero-order chi connectivity index (χ0) is 24.8. The Hall–Kier alpha value is -3.35. The first-order chi connectivity index (χ1) is 17.0. The number of hydrogen-bond acceptors (Lipinski definition) is 6. The number of aliphatic hydroxyl groups is 1. The highest BCUT2D eigenvalue weighted by atomic mass is 16.5. The van der Waals surface area contributed by atoms with Gasteiger partial charge in [0.05, 0.1) is 14.2 Å². The predicted molar refractivity (Wildman–Crippen MR) is 138 cm³/mol. The van der Waals surface area contributed by atoms with Gasteiger partial charge in [0.15, 0.2) is 0 Å². The van der Waals surface area contributed by atoms with Crippen LogP contribution in [0.4, 0.5) is 11.4 Å². The van der Waals surface area contributed by atoms with Crippen LogP contribution in [0.2, 0.25) is 0 Å². The molecule has 0 saturated carbocycles. The molecule has 0 radical (unpaired) electrons. The predicted octanol–water partition coefficient (Wildman–Crippen LogP) is 4.53. The van der Waals surface area contributed by atoms with Gasteiger partial charge >= 0.3 is 5.97 Å². The van der Waals surface area contributed by atoms with Gasteiger partial charge in [-0.2, -0.15) is 0 Å². The second-order valence-corrected chi connectivity index (χ2v) is 8.93. The van der Waals surface area contributed by atoms with E-state index in [1.807, 2.05) is 11.9 Å². The number of carbonyl (C=O) groups excluding carboxylic acids is 1. The van der Waals surface area contributed by atoms with Crippen LogP contribution >= 0.6 is 0 Å². The molecule has 0 spiro atoms. The van der Waals surface area contributed by atoms with E-state index in [4.69, 9.17) is 9.47 Å². The lowest BCUT2D eigenvalue weighted by atomic mass is 10.0. The molecule has 0 amide bonds. The standard InChI is InChI=1S/C29H34N2O4/c1-30(27(29(33)35-3)28(32)23-15-17-24(34-2)18-16-23)19-8-20-31-25-11-6-4-9-21(25)13-14-22-10-5-7-12-26(22)31/h4-7,9-12,15-18,27-28,32H,8,13-14,19-20H2,1-3H3. The minimum atomic E-state index is -1.02. The van der Waals surface area contributed by atoms with Crippen molar-refractivity contribution in [2.75, 3.05) is 39.3 Å². The number of benzene rings is 3. The number of esters is 1. The fraction of sp³-hybridized carbons (Fsp3) is 0.345. The molecule has 2 unspecified atom stereocenters. The highest BCUT2D eigenvalue weighted by Gasteiger charge is 2.33. The Bertz CT molecular complexity index is 1080. The molecule has 0 bridgehead atoms. The van der Waals surface area contributed by atoms with Crippen molar-refractivity contribution in [2.45, 2.75) is 31.4 Å². The quantitative estimate of drug-likeness (QED) is 0.460. The van der Waals surface area contributed by atoms with Crippen molar-refractivity contribution in [1.29, 1.82) is 0 Å². The van der Waals surface area contributed by atoms with Gasteiger partial charge in [0.25, 0.3) is 0 Å². The Morgan fingerprint density at radius 2 is 1.51 bits per heavy atom. The van der Waals surface area contributed by atoms with Gasteiger partial charge in [-0.15, -0.1) is 0 Å². The minimum Gasteiger partial charge on any atom is -0.497 e. The highest BCUT2D eigenvalue weighted by Crippen LogP contribution is 2.36. The lowest BCUT2D eigenvalue weighted by Gasteiger charge is -2.32. The smallest absolute Gasteiger partial charge is 0.326 e. The number of aliphatic hydroxyl groups excluding tert-OH is 1. The van der Waals surface area contributed by atoms with Crippen molar-refractivity contribution in [3.8, 4) is 5.75 Å². The molecule has 0 aromatic heterocycles. The second-order valence-electron chi connectivity index (χ2n) is 8.93. The number of likely N-dealkylation sites (N-methyl/N-ethyl adjacent to an activating group) is 1. The Balaban J connectivity index is 1.50. The number of ether oxygens (including phenoxy) is 2. The van der Waals surface area contributed by atoms with Gasteiger partial charge in [0.1, 0.15) is 17.9 Å². The van der Waals surface area contributed by atoms with E-state index in [1.54, 1.807) is 31.4 Å². The van der Waals surface area contributed by atoms with Gasteiger partial charge in [-0.05, 0) is 67.3 Å². The van der Waals surface area contributed by atoms with Crippen molar-refractivity contribution in [3.05, 3.63) is 89.5 Å². The van der Waals surface area contributed by atoms with Crippen LogP contribution in [0.1, 0.15) is 29.2 Å². The van der Waals surface area contributed by atoms with Crippen molar-refractivity contribution in [1.82, 2.24) is 4.90 Å². The molecule has 0 fully saturated rings. The lowest BCUT2D eigenvalue weighted by Crippen LogP contribution is -2.44. The fourth-order valence-electron chi connectivity index (χ4n) is 4.88. The maximum absolute atomic E-state index is 12.7. The molecule has 4 rings (SSSR count). The highest BCUT2D eigenvalue weighted by molar-refractivity contribution is 5.76. The molecule has 3 aromatic carbocycles. The van der Waals surface area contributed by atoms with E-state index in [0.717, 1.165) is 25.8 Å². The average molecular weight is 475 g/mol. The van der Waals surface area contributed by atoms with E-state index in [2.05, 4.69) is 53.4 Å². The summed E-state index contributed by atoms with van der Waals surface area (Å²) in [6, 6.07) is 23.5. The minimum absolute atomic E-state index is 0.457. The number of aryl methyl sites for hydroxylation is 2. The van der Waals surface area contributed by atoms with Crippen molar-refractivity contribution < 1.29 is 19.4 Å². The third kappa shape index (κ3) is 5.50. The number of rotatable bonds is 9. The molecule has 0 aliphatic carbocycles. The Morgan fingerprint density at radius 1 is 0.943 bits per heavy atom. The molecule has 1 aliphatic rings. The Kier molecular flexibility index (Phi) is 8.06. The first-order valence-electron chi connectivity index (χ1n) is 12.1. The molecule has 2 atom stereocenters. The third-order valence-corrected chi connectivity index (χ3v) is 6.79. The van der Waals surface area contributed by atoms with Crippen molar-refractivity contribution in [3.63, 3.8) is 0 Å². The largest absolute Gasteiger partial charge is 0.497 e. The van der Waals surface area contributed by atoms with Crippen molar-refractivity contribution >= 4 is 17.3 Å². The SMILES string of the molecule is COC(=O)C(C(O)c1ccc(OC)cc1)N(C)CCCN1c2ccccc2CCc2ccccc21. The lowest BCUT2D eigenvalue weighted by molar-refractivity contribution is -0.151.